The fourth-order valence-electron chi connectivity index (χ4n) is 2.58. The van der Waals surface area contributed by atoms with E-state index in [2.05, 4.69) is 10.00 Å². The first-order valence-electron chi connectivity index (χ1n) is 6.20. The van der Waals surface area contributed by atoms with Gasteiger partial charge in [0.2, 0.25) is 5.91 Å². The molecule has 100 valence electrons. The number of carbonyl (C=O) groups excluding carboxylic acids is 1. The lowest BCUT2D eigenvalue weighted by molar-refractivity contribution is -0.129. The van der Waals surface area contributed by atoms with Crippen molar-refractivity contribution in [1.29, 1.82) is 0 Å². The molecule has 2 N–H and O–H groups in total. The molecule has 1 saturated heterocycles. The summed E-state index contributed by atoms with van der Waals surface area (Å²) in [4.78, 5) is 15.9. The third-order valence-corrected chi connectivity index (χ3v) is 3.49. The molecular formula is C12H21N5O. The molecule has 0 aromatic carbocycles. The summed E-state index contributed by atoms with van der Waals surface area (Å²) in [5, 5.41) is 4.32. The number of anilines is 2. The van der Waals surface area contributed by atoms with E-state index in [1.165, 1.54) is 0 Å². The molecule has 1 aliphatic rings. The van der Waals surface area contributed by atoms with E-state index in [9.17, 15) is 4.79 Å². The van der Waals surface area contributed by atoms with E-state index in [1.807, 2.05) is 14.0 Å². The molecule has 1 atom stereocenters. The molecule has 0 bridgehead atoms. The van der Waals surface area contributed by atoms with Crippen LogP contribution in [0.2, 0.25) is 0 Å². The standard InChI is InChI=1S/C12H21N5O/c1-8-10(13)11(16(4)14-8)17-7-5-6-9(17)12(18)15(2)3/h9H,5-7,13H2,1-4H3. The summed E-state index contributed by atoms with van der Waals surface area (Å²) in [6.45, 7) is 2.74. The largest absolute Gasteiger partial charge is 0.394 e. The van der Waals surface area contributed by atoms with Gasteiger partial charge in [0.25, 0.3) is 0 Å². The van der Waals surface area contributed by atoms with E-state index in [1.54, 1.807) is 23.7 Å². The number of nitrogens with zero attached hydrogens (tertiary/aromatic N) is 4. The smallest absolute Gasteiger partial charge is 0.244 e. The van der Waals surface area contributed by atoms with Crippen LogP contribution in [0.5, 0.6) is 0 Å². The topological polar surface area (TPSA) is 67.4 Å². The van der Waals surface area contributed by atoms with Crippen molar-refractivity contribution in [2.75, 3.05) is 31.3 Å². The number of carbonyl (C=O) groups is 1. The summed E-state index contributed by atoms with van der Waals surface area (Å²) in [6, 6.07) is -0.114. The van der Waals surface area contributed by atoms with Gasteiger partial charge in [-0.25, -0.2) is 0 Å². The van der Waals surface area contributed by atoms with Gasteiger partial charge in [-0.05, 0) is 19.8 Å². The Kier molecular flexibility index (Phi) is 3.19. The van der Waals surface area contributed by atoms with Crippen LogP contribution in [0.4, 0.5) is 11.5 Å². The Balaban J connectivity index is 2.35. The van der Waals surface area contributed by atoms with Gasteiger partial charge in [0.15, 0.2) is 5.82 Å². The van der Waals surface area contributed by atoms with E-state index >= 15 is 0 Å². The zero-order valence-corrected chi connectivity index (χ0v) is 11.5. The molecule has 0 aliphatic carbocycles. The molecule has 2 rings (SSSR count). The predicted octanol–water partition coefficient (Wildman–Crippen LogP) is 0.368. The molecule has 1 aliphatic heterocycles. The first-order valence-corrected chi connectivity index (χ1v) is 6.20. The Bertz CT molecular complexity index is 465. The Morgan fingerprint density at radius 2 is 2.17 bits per heavy atom. The van der Waals surface area contributed by atoms with Gasteiger partial charge in [-0.2, -0.15) is 5.10 Å². The number of aromatic nitrogens is 2. The molecule has 1 amide bonds. The maximum Gasteiger partial charge on any atom is 0.244 e. The van der Waals surface area contributed by atoms with Gasteiger partial charge in [-0.15, -0.1) is 0 Å². The molecule has 1 aromatic rings. The normalized spacial score (nSPS) is 19.3. The Morgan fingerprint density at radius 1 is 1.50 bits per heavy atom. The summed E-state index contributed by atoms with van der Waals surface area (Å²) in [6.07, 6.45) is 1.88. The summed E-state index contributed by atoms with van der Waals surface area (Å²) in [5.41, 5.74) is 7.56. The SMILES string of the molecule is Cc1nn(C)c(N2CCCC2C(=O)N(C)C)c1N. The minimum absolute atomic E-state index is 0.114. The van der Waals surface area contributed by atoms with Crippen molar-refractivity contribution in [1.82, 2.24) is 14.7 Å². The Morgan fingerprint density at radius 3 is 2.67 bits per heavy atom. The molecule has 1 unspecified atom stereocenters. The number of hydrogen-bond acceptors (Lipinski definition) is 4. The highest BCUT2D eigenvalue weighted by molar-refractivity contribution is 5.86. The quantitative estimate of drug-likeness (QED) is 0.824. The summed E-state index contributed by atoms with van der Waals surface area (Å²) >= 11 is 0. The highest BCUT2D eigenvalue weighted by atomic mass is 16.2. The minimum atomic E-state index is -0.114. The second kappa shape index (κ2) is 4.51. The maximum atomic E-state index is 12.2. The third kappa shape index (κ3) is 1.91. The van der Waals surface area contributed by atoms with Gasteiger partial charge >= 0.3 is 0 Å². The average molecular weight is 251 g/mol. The van der Waals surface area contributed by atoms with Crippen molar-refractivity contribution >= 4 is 17.4 Å². The number of amides is 1. The zero-order valence-electron chi connectivity index (χ0n) is 11.5. The molecule has 0 radical (unpaired) electrons. The molecule has 0 saturated carbocycles. The van der Waals surface area contributed by atoms with Gasteiger partial charge in [0, 0.05) is 27.7 Å². The van der Waals surface area contributed by atoms with Crippen LogP contribution in [0.3, 0.4) is 0 Å². The van der Waals surface area contributed by atoms with Crippen LogP contribution in [-0.2, 0) is 11.8 Å². The second-order valence-corrected chi connectivity index (χ2v) is 5.03. The minimum Gasteiger partial charge on any atom is -0.394 e. The van der Waals surface area contributed by atoms with E-state index in [4.69, 9.17) is 5.73 Å². The van der Waals surface area contributed by atoms with Crippen molar-refractivity contribution < 1.29 is 4.79 Å². The molecule has 6 nitrogen and oxygen atoms in total. The second-order valence-electron chi connectivity index (χ2n) is 5.03. The molecule has 18 heavy (non-hydrogen) atoms. The van der Waals surface area contributed by atoms with Crippen LogP contribution in [-0.4, -0.2) is 47.3 Å². The number of rotatable bonds is 2. The molecule has 2 heterocycles. The van der Waals surface area contributed by atoms with E-state index in [0.29, 0.717) is 5.69 Å². The lowest BCUT2D eigenvalue weighted by atomic mass is 10.2. The lowest BCUT2D eigenvalue weighted by Gasteiger charge is -2.28. The monoisotopic (exact) mass is 251 g/mol. The molecule has 1 fully saturated rings. The van der Waals surface area contributed by atoms with Gasteiger partial charge in [0.1, 0.15) is 6.04 Å². The Hall–Kier alpha value is -1.72. The third-order valence-electron chi connectivity index (χ3n) is 3.49. The fraction of sp³-hybridized carbons (Fsp3) is 0.667. The van der Waals surface area contributed by atoms with E-state index in [-0.39, 0.29) is 11.9 Å². The number of aryl methyl sites for hydroxylation is 2. The van der Waals surface area contributed by atoms with Crippen LogP contribution in [0, 0.1) is 6.92 Å². The molecule has 0 spiro atoms. The van der Waals surface area contributed by atoms with E-state index in [0.717, 1.165) is 30.9 Å². The van der Waals surface area contributed by atoms with Crippen LogP contribution in [0.15, 0.2) is 0 Å². The highest BCUT2D eigenvalue weighted by Crippen LogP contribution is 2.32. The van der Waals surface area contributed by atoms with Gasteiger partial charge < -0.3 is 15.5 Å². The first kappa shape index (κ1) is 12.7. The molecule has 1 aromatic heterocycles. The number of likely N-dealkylation sites (N-methyl/N-ethyl adjacent to an activating group) is 1. The fourth-order valence-corrected chi connectivity index (χ4v) is 2.58. The molecular weight excluding hydrogens is 230 g/mol. The summed E-state index contributed by atoms with van der Waals surface area (Å²) < 4.78 is 1.77. The molecule has 6 heteroatoms. The van der Waals surface area contributed by atoms with Crippen molar-refractivity contribution in [3.63, 3.8) is 0 Å². The predicted molar refractivity (Wildman–Crippen MR) is 71.4 cm³/mol. The number of nitrogen functional groups attached to an aromatic ring is 1. The number of hydrogen-bond donors (Lipinski definition) is 1. The van der Waals surface area contributed by atoms with Crippen molar-refractivity contribution in [2.24, 2.45) is 7.05 Å². The van der Waals surface area contributed by atoms with Crippen LogP contribution >= 0.6 is 0 Å². The van der Waals surface area contributed by atoms with Gasteiger partial charge in [0.05, 0.1) is 11.4 Å². The van der Waals surface area contributed by atoms with E-state index < -0.39 is 0 Å². The lowest BCUT2D eigenvalue weighted by Crippen LogP contribution is -2.43. The Labute approximate surface area is 107 Å². The maximum absolute atomic E-state index is 12.2. The van der Waals surface area contributed by atoms with Crippen LogP contribution in [0.1, 0.15) is 18.5 Å². The van der Waals surface area contributed by atoms with Crippen LogP contribution < -0.4 is 10.6 Å². The van der Waals surface area contributed by atoms with Crippen molar-refractivity contribution in [3.8, 4) is 0 Å². The van der Waals surface area contributed by atoms with Gasteiger partial charge in [-0.1, -0.05) is 0 Å². The summed E-state index contributed by atoms with van der Waals surface area (Å²) in [7, 11) is 5.45. The van der Waals surface area contributed by atoms with Crippen LogP contribution in [0.25, 0.3) is 0 Å². The first-order chi connectivity index (χ1) is 8.43. The van der Waals surface area contributed by atoms with Crippen molar-refractivity contribution in [3.05, 3.63) is 5.69 Å². The summed E-state index contributed by atoms with van der Waals surface area (Å²) in [5.74, 6) is 0.996. The average Bonchev–Trinajstić information content (AvgIpc) is 2.84. The number of nitrogens with two attached hydrogens (primary N) is 1. The zero-order chi connectivity index (χ0) is 13.4. The highest BCUT2D eigenvalue weighted by Gasteiger charge is 2.34. The van der Waals surface area contributed by atoms with Crippen molar-refractivity contribution in [2.45, 2.75) is 25.8 Å². The van der Waals surface area contributed by atoms with Gasteiger partial charge in [-0.3, -0.25) is 9.48 Å².